The number of alkyl halides is 3. The van der Waals surface area contributed by atoms with Gasteiger partial charge in [-0.1, -0.05) is 6.07 Å². The summed E-state index contributed by atoms with van der Waals surface area (Å²) >= 11 is 0. The zero-order chi connectivity index (χ0) is 17.7. The molecular weight excluding hydrogens is 324 g/mol. The number of nitrogens with zero attached hydrogens (tertiary/aromatic N) is 2. The number of aliphatic hydroxyl groups is 1. The minimum Gasteiger partial charge on any atom is -0.396 e. The van der Waals surface area contributed by atoms with Crippen LogP contribution in [0.3, 0.4) is 0 Å². The summed E-state index contributed by atoms with van der Waals surface area (Å²) in [5.74, 6) is -0.865. The SMILES string of the molecule is CN(CCCO)C1CCN(Cc2ccc(F)cc2C(F)(F)F)CC1. The Kier molecular flexibility index (Phi) is 6.60. The lowest BCUT2D eigenvalue weighted by atomic mass is 10.0. The van der Waals surface area contributed by atoms with Crippen LogP contribution in [-0.4, -0.2) is 54.2 Å². The monoisotopic (exact) mass is 348 g/mol. The molecular formula is C17H24F4N2O. The number of piperidine rings is 1. The molecule has 24 heavy (non-hydrogen) atoms. The molecule has 1 fully saturated rings. The van der Waals surface area contributed by atoms with Gasteiger partial charge in [0, 0.05) is 25.7 Å². The van der Waals surface area contributed by atoms with E-state index in [1.807, 2.05) is 11.9 Å². The van der Waals surface area contributed by atoms with Crippen molar-refractivity contribution in [3.63, 3.8) is 0 Å². The van der Waals surface area contributed by atoms with E-state index in [9.17, 15) is 17.6 Å². The van der Waals surface area contributed by atoms with Crippen LogP contribution < -0.4 is 0 Å². The van der Waals surface area contributed by atoms with E-state index in [-0.39, 0.29) is 18.7 Å². The van der Waals surface area contributed by atoms with Crippen molar-refractivity contribution < 1.29 is 22.7 Å². The van der Waals surface area contributed by atoms with E-state index in [4.69, 9.17) is 5.11 Å². The number of hydrogen-bond acceptors (Lipinski definition) is 3. The van der Waals surface area contributed by atoms with E-state index in [0.29, 0.717) is 25.2 Å². The predicted octanol–water partition coefficient (Wildman–Crippen LogP) is 3.12. The summed E-state index contributed by atoms with van der Waals surface area (Å²) in [6.45, 7) is 2.58. The minimum absolute atomic E-state index is 0.121. The smallest absolute Gasteiger partial charge is 0.396 e. The zero-order valence-electron chi connectivity index (χ0n) is 13.8. The molecule has 0 spiro atoms. The summed E-state index contributed by atoms with van der Waals surface area (Å²) in [7, 11) is 2.01. The topological polar surface area (TPSA) is 26.7 Å². The van der Waals surface area contributed by atoms with Crippen molar-refractivity contribution in [1.82, 2.24) is 9.80 Å². The molecule has 1 N–H and O–H groups in total. The molecule has 0 aromatic heterocycles. The Balaban J connectivity index is 1.95. The molecule has 1 aliphatic heterocycles. The Bertz CT molecular complexity index is 528. The van der Waals surface area contributed by atoms with Crippen LogP contribution in [-0.2, 0) is 12.7 Å². The first kappa shape index (κ1) is 19.1. The highest BCUT2D eigenvalue weighted by Crippen LogP contribution is 2.33. The average Bonchev–Trinajstić information content (AvgIpc) is 2.54. The van der Waals surface area contributed by atoms with Crippen LogP contribution in [0.1, 0.15) is 30.4 Å². The Hall–Kier alpha value is -1.18. The van der Waals surface area contributed by atoms with Gasteiger partial charge in [-0.3, -0.25) is 4.90 Å². The third-order valence-electron chi connectivity index (χ3n) is 4.62. The number of benzene rings is 1. The fraction of sp³-hybridized carbons (Fsp3) is 0.647. The second kappa shape index (κ2) is 8.27. The van der Waals surface area contributed by atoms with Crippen LogP contribution in [0.25, 0.3) is 0 Å². The molecule has 0 saturated carbocycles. The second-order valence-corrected chi connectivity index (χ2v) is 6.36. The first-order chi connectivity index (χ1) is 11.3. The van der Waals surface area contributed by atoms with Crippen LogP contribution >= 0.6 is 0 Å². The Labute approximate surface area is 139 Å². The molecule has 1 heterocycles. The third kappa shape index (κ3) is 5.16. The van der Waals surface area contributed by atoms with Crippen molar-refractivity contribution in [2.24, 2.45) is 0 Å². The normalized spacial score (nSPS) is 17.6. The number of halogens is 4. The van der Waals surface area contributed by atoms with Gasteiger partial charge < -0.3 is 10.0 Å². The van der Waals surface area contributed by atoms with Crippen molar-refractivity contribution in [1.29, 1.82) is 0 Å². The van der Waals surface area contributed by atoms with Gasteiger partial charge in [0.05, 0.1) is 5.56 Å². The molecule has 1 aromatic rings. The number of rotatable bonds is 6. The molecule has 0 atom stereocenters. The van der Waals surface area contributed by atoms with Crippen molar-refractivity contribution in [3.05, 3.63) is 35.1 Å². The van der Waals surface area contributed by atoms with Gasteiger partial charge in [0.15, 0.2) is 0 Å². The molecule has 0 radical (unpaired) electrons. The number of aliphatic hydroxyl groups excluding tert-OH is 1. The van der Waals surface area contributed by atoms with Gasteiger partial charge in [-0.05, 0) is 57.1 Å². The molecule has 0 unspecified atom stereocenters. The molecule has 7 heteroatoms. The van der Waals surface area contributed by atoms with Gasteiger partial charge in [0.25, 0.3) is 0 Å². The van der Waals surface area contributed by atoms with Crippen LogP contribution in [0.4, 0.5) is 17.6 Å². The highest BCUT2D eigenvalue weighted by atomic mass is 19.4. The summed E-state index contributed by atoms with van der Waals surface area (Å²) in [6.07, 6.45) is -2.06. The lowest BCUT2D eigenvalue weighted by molar-refractivity contribution is -0.138. The first-order valence-electron chi connectivity index (χ1n) is 8.20. The first-order valence-corrected chi connectivity index (χ1v) is 8.20. The summed E-state index contributed by atoms with van der Waals surface area (Å²) in [6, 6.07) is 3.28. The van der Waals surface area contributed by atoms with E-state index in [0.717, 1.165) is 31.9 Å². The second-order valence-electron chi connectivity index (χ2n) is 6.36. The standard InChI is InChI=1S/C17H24F4N2O/c1-22(7-2-10-24)15-5-8-23(9-6-15)12-13-3-4-14(18)11-16(13)17(19,20)21/h3-4,11,15,24H,2,5-10,12H2,1H3. The molecule has 3 nitrogen and oxygen atoms in total. The zero-order valence-corrected chi connectivity index (χ0v) is 13.8. The van der Waals surface area contributed by atoms with Crippen LogP contribution in [0, 0.1) is 5.82 Å². The Morgan fingerprint density at radius 2 is 1.92 bits per heavy atom. The molecule has 2 rings (SSSR count). The van der Waals surface area contributed by atoms with Crippen molar-refractivity contribution >= 4 is 0 Å². The van der Waals surface area contributed by atoms with Gasteiger partial charge >= 0.3 is 6.18 Å². The van der Waals surface area contributed by atoms with Gasteiger partial charge in [-0.25, -0.2) is 4.39 Å². The predicted molar refractivity (Wildman–Crippen MR) is 84.0 cm³/mol. The molecule has 0 amide bonds. The van der Waals surface area contributed by atoms with Crippen molar-refractivity contribution in [3.8, 4) is 0 Å². The molecule has 0 bridgehead atoms. The Morgan fingerprint density at radius 3 is 2.50 bits per heavy atom. The minimum atomic E-state index is -4.54. The van der Waals surface area contributed by atoms with E-state index in [2.05, 4.69) is 4.90 Å². The van der Waals surface area contributed by atoms with Gasteiger partial charge in [0.2, 0.25) is 0 Å². The molecule has 1 aliphatic rings. The highest BCUT2D eigenvalue weighted by molar-refractivity contribution is 5.30. The highest BCUT2D eigenvalue weighted by Gasteiger charge is 2.34. The maximum atomic E-state index is 13.2. The van der Waals surface area contributed by atoms with Gasteiger partial charge in [-0.15, -0.1) is 0 Å². The lowest BCUT2D eigenvalue weighted by Crippen LogP contribution is -2.43. The summed E-state index contributed by atoms with van der Waals surface area (Å²) < 4.78 is 52.3. The Morgan fingerprint density at radius 1 is 1.25 bits per heavy atom. The summed E-state index contributed by atoms with van der Waals surface area (Å²) in [5.41, 5.74) is -0.763. The van der Waals surface area contributed by atoms with Crippen LogP contribution in [0.5, 0.6) is 0 Å². The van der Waals surface area contributed by atoms with Crippen LogP contribution in [0.15, 0.2) is 18.2 Å². The lowest BCUT2D eigenvalue weighted by Gasteiger charge is -2.37. The third-order valence-corrected chi connectivity index (χ3v) is 4.62. The molecule has 1 aromatic carbocycles. The number of hydrogen-bond donors (Lipinski definition) is 1. The van der Waals surface area contributed by atoms with Crippen LogP contribution in [0.2, 0.25) is 0 Å². The van der Waals surface area contributed by atoms with E-state index in [1.165, 1.54) is 6.07 Å². The number of likely N-dealkylation sites (tertiary alicyclic amines) is 1. The molecule has 1 saturated heterocycles. The van der Waals surface area contributed by atoms with Crippen molar-refractivity contribution in [2.75, 3.05) is 33.3 Å². The average molecular weight is 348 g/mol. The van der Waals surface area contributed by atoms with Gasteiger partial charge in [0.1, 0.15) is 5.82 Å². The fourth-order valence-corrected chi connectivity index (χ4v) is 3.21. The largest absolute Gasteiger partial charge is 0.416 e. The quantitative estimate of drug-likeness (QED) is 0.800. The van der Waals surface area contributed by atoms with Gasteiger partial charge in [-0.2, -0.15) is 13.2 Å². The fourth-order valence-electron chi connectivity index (χ4n) is 3.21. The van der Waals surface area contributed by atoms with Crippen molar-refractivity contribution in [2.45, 2.75) is 38.0 Å². The summed E-state index contributed by atoms with van der Waals surface area (Å²) in [5, 5.41) is 8.88. The maximum absolute atomic E-state index is 13.2. The van der Waals surface area contributed by atoms with E-state index in [1.54, 1.807) is 0 Å². The van der Waals surface area contributed by atoms with E-state index >= 15 is 0 Å². The van der Waals surface area contributed by atoms with E-state index < -0.39 is 17.6 Å². The maximum Gasteiger partial charge on any atom is 0.416 e. The summed E-state index contributed by atoms with van der Waals surface area (Å²) in [4.78, 5) is 4.19. The molecule has 0 aliphatic carbocycles. The molecule has 136 valence electrons.